The van der Waals surface area contributed by atoms with E-state index in [9.17, 15) is 13.6 Å². The van der Waals surface area contributed by atoms with Gasteiger partial charge in [0.05, 0.1) is 11.6 Å². The number of methoxy groups -OCH3 is 1. The van der Waals surface area contributed by atoms with Crippen molar-refractivity contribution >= 4 is 21.9 Å². The highest BCUT2D eigenvalue weighted by Gasteiger charge is 2.38. The fourth-order valence-electron chi connectivity index (χ4n) is 1.15. The maximum atomic E-state index is 12.9. The molecule has 1 N–H and O–H groups in total. The van der Waals surface area contributed by atoms with Crippen molar-refractivity contribution in [3.8, 4) is 5.75 Å². The Morgan fingerprint density at radius 3 is 2.62 bits per heavy atom. The minimum Gasteiger partial charge on any atom is -0.496 e. The Labute approximate surface area is 99.2 Å². The number of benzene rings is 1. The van der Waals surface area contributed by atoms with Gasteiger partial charge in [0.15, 0.2) is 0 Å². The number of carbonyl (C=O) groups is 1. The van der Waals surface area contributed by atoms with E-state index in [1.807, 2.05) is 0 Å². The molecule has 0 aliphatic carbocycles. The lowest BCUT2D eigenvalue weighted by molar-refractivity contribution is -0.164. The molecule has 6 heteroatoms. The molecule has 0 fully saturated rings. The summed E-state index contributed by atoms with van der Waals surface area (Å²) in [6.07, 6.45) is -0.842. The van der Waals surface area contributed by atoms with Gasteiger partial charge in [-0.1, -0.05) is 6.07 Å². The summed E-state index contributed by atoms with van der Waals surface area (Å²) in [5.74, 6) is -5.38. The Morgan fingerprint density at radius 1 is 1.56 bits per heavy atom. The van der Waals surface area contributed by atoms with Gasteiger partial charge in [0.25, 0.3) is 0 Å². The second-order valence-electron chi connectivity index (χ2n) is 3.16. The maximum absolute atomic E-state index is 12.9. The van der Waals surface area contributed by atoms with Crippen LogP contribution in [-0.2, 0) is 11.2 Å². The standard InChI is InChI=1S/C10H9BrF2O3/c1-16-8-3-2-6(4-7(8)11)5-10(12,13)9(14)15/h2-4H,5H2,1H3,(H,14,15). The quantitative estimate of drug-likeness (QED) is 0.929. The van der Waals surface area contributed by atoms with Gasteiger partial charge in [-0.2, -0.15) is 8.78 Å². The van der Waals surface area contributed by atoms with Crippen LogP contribution in [0, 0.1) is 0 Å². The zero-order valence-electron chi connectivity index (χ0n) is 8.34. The van der Waals surface area contributed by atoms with E-state index in [2.05, 4.69) is 15.9 Å². The Hall–Kier alpha value is -1.17. The predicted octanol–water partition coefficient (Wildman–Crippen LogP) is 2.72. The highest BCUT2D eigenvalue weighted by Crippen LogP contribution is 2.28. The number of carboxylic acids is 1. The minimum absolute atomic E-state index is 0.222. The molecule has 0 aromatic heterocycles. The number of hydrogen-bond acceptors (Lipinski definition) is 2. The molecule has 0 heterocycles. The van der Waals surface area contributed by atoms with E-state index in [-0.39, 0.29) is 5.56 Å². The summed E-state index contributed by atoms with van der Waals surface area (Å²) in [5.41, 5.74) is 0.222. The largest absolute Gasteiger partial charge is 0.496 e. The lowest BCUT2D eigenvalue weighted by atomic mass is 10.1. The van der Waals surface area contributed by atoms with Gasteiger partial charge in [-0.25, -0.2) is 4.79 Å². The summed E-state index contributed by atoms with van der Waals surface area (Å²) < 4.78 is 31.2. The van der Waals surface area contributed by atoms with Crippen molar-refractivity contribution in [2.75, 3.05) is 7.11 Å². The molecule has 0 spiro atoms. The van der Waals surface area contributed by atoms with Crippen LogP contribution in [0.25, 0.3) is 0 Å². The summed E-state index contributed by atoms with van der Waals surface area (Å²) >= 11 is 3.13. The number of ether oxygens (including phenoxy) is 1. The molecule has 0 saturated carbocycles. The number of rotatable bonds is 4. The van der Waals surface area contributed by atoms with Gasteiger partial charge in [0.1, 0.15) is 5.75 Å². The number of halogens is 3. The van der Waals surface area contributed by atoms with Crippen molar-refractivity contribution in [1.82, 2.24) is 0 Å². The lowest BCUT2D eigenvalue weighted by Gasteiger charge is -2.12. The molecule has 3 nitrogen and oxygen atoms in total. The van der Waals surface area contributed by atoms with Crippen molar-refractivity contribution in [2.24, 2.45) is 0 Å². The molecule has 0 aliphatic rings. The fraction of sp³-hybridized carbons (Fsp3) is 0.300. The lowest BCUT2D eigenvalue weighted by Crippen LogP contribution is -2.30. The van der Waals surface area contributed by atoms with Crippen LogP contribution in [0.4, 0.5) is 8.78 Å². The number of alkyl halides is 2. The van der Waals surface area contributed by atoms with Gasteiger partial charge in [-0.05, 0) is 33.6 Å². The third-order valence-electron chi connectivity index (χ3n) is 1.96. The Bertz CT molecular complexity index is 407. The zero-order chi connectivity index (χ0) is 12.3. The van der Waals surface area contributed by atoms with Crippen LogP contribution < -0.4 is 4.74 Å². The van der Waals surface area contributed by atoms with E-state index >= 15 is 0 Å². The first-order chi connectivity index (χ1) is 7.36. The third-order valence-corrected chi connectivity index (χ3v) is 2.57. The molecular formula is C10H9BrF2O3. The second-order valence-corrected chi connectivity index (χ2v) is 4.01. The van der Waals surface area contributed by atoms with Crippen LogP contribution in [0.5, 0.6) is 5.75 Å². The van der Waals surface area contributed by atoms with Crippen LogP contribution in [0.15, 0.2) is 22.7 Å². The normalized spacial score (nSPS) is 11.2. The van der Waals surface area contributed by atoms with Gasteiger partial charge >= 0.3 is 11.9 Å². The molecule has 0 radical (unpaired) electrons. The molecule has 1 aromatic carbocycles. The molecule has 16 heavy (non-hydrogen) atoms. The van der Waals surface area contributed by atoms with Crippen LogP contribution >= 0.6 is 15.9 Å². The average molecular weight is 295 g/mol. The Morgan fingerprint density at radius 2 is 2.19 bits per heavy atom. The Balaban J connectivity index is 2.91. The molecule has 0 atom stereocenters. The van der Waals surface area contributed by atoms with E-state index < -0.39 is 18.3 Å². The molecule has 0 unspecified atom stereocenters. The van der Waals surface area contributed by atoms with Gasteiger partial charge in [0.2, 0.25) is 0 Å². The van der Waals surface area contributed by atoms with Gasteiger partial charge in [0, 0.05) is 6.42 Å². The first kappa shape index (κ1) is 12.9. The number of carboxylic acid groups (broad SMARTS) is 1. The molecule has 0 amide bonds. The molecule has 0 saturated heterocycles. The van der Waals surface area contributed by atoms with Crippen LogP contribution in [0.2, 0.25) is 0 Å². The summed E-state index contributed by atoms with van der Waals surface area (Å²) in [6.45, 7) is 0. The Kier molecular flexibility index (Phi) is 3.85. The van der Waals surface area contributed by atoms with Crippen LogP contribution in [-0.4, -0.2) is 24.1 Å². The molecular weight excluding hydrogens is 286 g/mol. The van der Waals surface area contributed by atoms with Crippen molar-refractivity contribution in [3.63, 3.8) is 0 Å². The predicted molar refractivity (Wildman–Crippen MR) is 57.0 cm³/mol. The monoisotopic (exact) mass is 294 g/mol. The average Bonchev–Trinajstić information content (AvgIpc) is 2.17. The topological polar surface area (TPSA) is 46.5 Å². The van der Waals surface area contributed by atoms with E-state index in [0.717, 1.165) is 0 Å². The van der Waals surface area contributed by atoms with Gasteiger partial charge in [-0.15, -0.1) is 0 Å². The van der Waals surface area contributed by atoms with Crippen molar-refractivity contribution in [3.05, 3.63) is 28.2 Å². The molecule has 0 aliphatic heterocycles. The summed E-state index contributed by atoms with van der Waals surface area (Å²) in [4.78, 5) is 10.2. The fourth-order valence-corrected chi connectivity index (χ4v) is 1.74. The van der Waals surface area contributed by atoms with Crippen molar-refractivity contribution in [2.45, 2.75) is 12.3 Å². The summed E-state index contributed by atoms with van der Waals surface area (Å²) in [5, 5.41) is 8.29. The summed E-state index contributed by atoms with van der Waals surface area (Å²) in [7, 11) is 1.45. The van der Waals surface area contributed by atoms with Crippen molar-refractivity contribution < 1.29 is 23.4 Å². The second kappa shape index (κ2) is 4.78. The van der Waals surface area contributed by atoms with E-state index in [1.54, 1.807) is 0 Å². The highest BCUT2D eigenvalue weighted by molar-refractivity contribution is 9.10. The first-order valence-corrected chi connectivity index (χ1v) is 5.10. The maximum Gasteiger partial charge on any atom is 0.374 e. The number of hydrogen-bond donors (Lipinski definition) is 1. The van der Waals surface area contributed by atoms with Crippen LogP contribution in [0.1, 0.15) is 5.56 Å². The third kappa shape index (κ3) is 2.91. The zero-order valence-corrected chi connectivity index (χ0v) is 9.92. The SMILES string of the molecule is COc1ccc(CC(F)(F)C(=O)O)cc1Br. The molecule has 1 rings (SSSR count). The minimum atomic E-state index is -3.76. The molecule has 0 bridgehead atoms. The van der Waals surface area contributed by atoms with E-state index in [4.69, 9.17) is 9.84 Å². The molecule has 1 aromatic rings. The smallest absolute Gasteiger partial charge is 0.374 e. The van der Waals surface area contributed by atoms with Gasteiger partial charge in [-0.3, -0.25) is 0 Å². The van der Waals surface area contributed by atoms with Crippen LogP contribution in [0.3, 0.4) is 0 Å². The summed E-state index contributed by atoms with van der Waals surface area (Å²) in [6, 6.07) is 4.31. The molecule has 88 valence electrons. The first-order valence-electron chi connectivity index (χ1n) is 4.30. The van der Waals surface area contributed by atoms with E-state index in [0.29, 0.717) is 10.2 Å². The van der Waals surface area contributed by atoms with E-state index in [1.165, 1.54) is 25.3 Å². The highest BCUT2D eigenvalue weighted by atomic mass is 79.9. The van der Waals surface area contributed by atoms with Gasteiger partial charge < -0.3 is 9.84 Å². The van der Waals surface area contributed by atoms with Crippen molar-refractivity contribution in [1.29, 1.82) is 0 Å². The number of aliphatic carboxylic acids is 1.